The van der Waals surface area contributed by atoms with Crippen LogP contribution in [0.15, 0.2) is 59.5 Å². The van der Waals surface area contributed by atoms with Gasteiger partial charge in [-0.3, -0.25) is 4.90 Å². The molecule has 1 heterocycles. The number of methoxy groups -OCH3 is 2. The molecule has 1 N–H and O–H groups in total. The van der Waals surface area contributed by atoms with Crippen LogP contribution >= 0.6 is 0 Å². The van der Waals surface area contributed by atoms with Crippen molar-refractivity contribution in [2.24, 2.45) is 0 Å². The maximum atomic E-state index is 12.6. The first-order chi connectivity index (χ1) is 15.5. The first-order valence-corrected chi connectivity index (χ1v) is 12.4. The minimum absolute atomic E-state index is 0.313. The van der Waals surface area contributed by atoms with E-state index in [4.69, 9.17) is 9.47 Å². The van der Waals surface area contributed by atoms with Crippen LogP contribution in [0.3, 0.4) is 0 Å². The van der Waals surface area contributed by atoms with Crippen molar-refractivity contribution < 1.29 is 17.9 Å². The Morgan fingerprint density at radius 2 is 1.62 bits per heavy atom. The summed E-state index contributed by atoms with van der Waals surface area (Å²) in [6, 6.07) is 17.2. The summed E-state index contributed by atoms with van der Waals surface area (Å²) in [4.78, 5) is 2.72. The zero-order valence-corrected chi connectivity index (χ0v) is 19.5. The van der Waals surface area contributed by atoms with Gasteiger partial charge >= 0.3 is 0 Å². The lowest BCUT2D eigenvalue weighted by Crippen LogP contribution is -2.32. The van der Waals surface area contributed by atoms with Gasteiger partial charge in [0.15, 0.2) is 11.5 Å². The molecule has 0 aliphatic carbocycles. The molecule has 170 valence electrons. The van der Waals surface area contributed by atoms with E-state index < -0.39 is 10.0 Å². The van der Waals surface area contributed by atoms with E-state index in [0.29, 0.717) is 11.4 Å². The standard InChI is InChI=1S/C25H30N2O4S/c1-30-24-16-21-11-14-27(18-22(21)17-25(24)31-2)13-6-5-12-26-32(28,29)23-10-9-19-7-3-4-8-20(19)15-23/h3-4,7-10,15-17,26H,5-6,11-14,18H2,1-2H3. The third-order valence-electron chi connectivity index (χ3n) is 6.02. The SMILES string of the molecule is COc1cc2c(cc1OC)CN(CCCCNS(=O)(=O)c1ccc3ccccc3c1)CC2. The monoisotopic (exact) mass is 454 g/mol. The van der Waals surface area contributed by atoms with E-state index in [1.165, 1.54) is 11.1 Å². The topological polar surface area (TPSA) is 67.9 Å². The molecule has 1 aliphatic heterocycles. The second-order valence-corrected chi connectivity index (χ2v) is 9.88. The van der Waals surface area contributed by atoms with Crippen molar-refractivity contribution in [3.63, 3.8) is 0 Å². The van der Waals surface area contributed by atoms with Crippen molar-refractivity contribution in [2.75, 3.05) is 33.9 Å². The Labute approximate surface area is 190 Å². The molecule has 0 amide bonds. The van der Waals surface area contributed by atoms with E-state index in [9.17, 15) is 8.42 Å². The fourth-order valence-electron chi connectivity index (χ4n) is 4.22. The minimum Gasteiger partial charge on any atom is -0.493 e. The van der Waals surface area contributed by atoms with Crippen LogP contribution in [0, 0.1) is 0 Å². The summed E-state index contributed by atoms with van der Waals surface area (Å²) < 4.78 is 38.9. The predicted molar refractivity (Wildman–Crippen MR) is 127 cm³/mol. The lowest BCUT2D eigenvalue weighted by molar-refractivity contribution is 0.248. The summed E-state index contributed by atoms with van der Waals surface area (Å²) in [5.74, 6) is 1.54. The van der Waals surface area contributed by atoms with Gasteiger partial charge in [-0.25, -0.2) is 13.1 Å². The van der Waals surface area contributed by atoms with E-state index >= 15 is 0 Å². The number of rotatable bonds is 9. The van der Waals surface area contributed by atoms with Crippen LogP contribution in [-0.4, -0.2) is 47.2 Å². The van der Waals surface area contributed by atoms with Crippen molar-refractivity contribution in [1.29, 1.82) is 0 Å². The Hall–Kier alpha value is -2.61. The molecule has 3 aromatic rings. The normalized spacial score (nSPS) is 14.3. The quantitative estimate of drug-likeness (QED) is 0.496. The second kappa shape index (κ2) is 9.90. The molecule has 0 fully saturated rings. The summed E-state index contributed by atoms with van der Waals surface area (Å²) in [5.41, 5.74) is 2.58. The highest BCUT2D eigenvalue weighted by atomic mass is 32.2. The molecule has 4 rings (SSSR count). The average molecular weight is 455 g/mol. The van der Waals surface area contributed by atoms with Gasteiger partial charge in [0.2, 0.25) is 10.0 Å². The maximum absolute atomic E-state index is 12.6. The van der Waals surface area contributed by atoms with Crippen LogP contribution in [0.4, 0.5) is 0 Å². The largest absolute Gasteiger partial charge is 0.493 e. The molecular weight excluding hydrogens is 424 g/mol. The lowest BCUT2D eigenvalue weighted by atomic mass is 9.98. The average Bonchev–Trinajstić information content (AvgIpc) is 2.82. The third kappa shape index (κ3) is 5.06. The number of hydrogen-bond acceptors (Lipinski definition) is 5. The highest BCUT2D eigenvalue weighted by Crippen LogP contribution is 2.33. The van der Waals surface area contributed by atoms with Crippen LogP contribution in [0.25, 0.3) is 10.8 Å². The fourth-order valence-corrected chi connectivity index (χ4v) is 5.33. The first-order valence-electron chi connectivity index (χ1n) is 10.9. The van der Waals surface area contributed by atoms with Gasteiger partial charge < -0.3 is 9.47 Å². The number of sulfonamides is 1. The molecule has 7 heteroatoms. The third-order valence-corrected chi connectivity index (χ3v) is 7.48. The van der Waals surface area contributed by atoms with Crippen molar-refractivity contribution >= 4 is 20.8 Å². The number of ether oxygens (including phenoxy) is 2. The number of benzene rings is 3. The summed E-state index contributed by atoms with van der Waals surface area (Å²) >= 11 is 0. The van der Waals surface area contributed by atoms with E-state index in [2.05, 4.69) is 21.8 Å². The number of nitrogens with one attached hydrogen (secondary N) is 1. The number of unbranched alkanes of at least 4 members (excludes halogenated alkanes) is 1. The molecule has 6 nitrogen and oxygen atoms in total. The van der Waals surface area contributed by atoms with Crippen LogP contribution in [-0.2, 0) is 23.0 Å². The minimum atomic E-state index is -3.50. The van der Waals surface area contributed by atoms with Gasteiger partial charge in [-0.15, -0.1) is 0 Å². The summed E-state index contributed by atoms with van der Waals surface area (Å²) in [5, 5.41) is 1.96. The molecule has 0 radical (unpaired) electrons. The van der Waals surface area contributed by atoms with Crippen LogP contribution in [0.1, 0.15) is 24.0 Å². The number of nitrogens with zero attached hydrogens (tertiary/aromatic N) is 1. The maximum Gasteiger partial charge on any atom is 0.240 e. The molecule has 0 saturated carbocycles. The summed E-state index contributed by atoms with van der Waals surface area (Å²) in [6.45, 7) is 3.24. The molecule has 0 aromatic heterocycles. The Bertz CT molecular complexity index is 1190. The van der Waals surface area contributed by atoms with E-state index in [1.54, 1.807) is 26.4 Å². The Morgan fingerprint density at radius 3 is 2.38 bits per heavy atom. The lowest BCUT2D eigenvalue weighted by Gasteiger charge is -2.29. The van der Waals surface area contributed by atoms with Crippen molar-refractivity contribution in [1.82, 2.24) is 9.62 Å². The molecule has 32 heavy (non-hydrogen) atoms. The van der Waals surface area contributed by atoms with Crippen LogP contribution in [0.2, 0.25) is 0 Å². The zero-order valence-electron chi connectivity index (χ0n) is 18.6. The predicted octanol–water partition coefficient (Wildman–Crippen LogP) is 3.97. The van der Waals surface area contributed by atoms with Gasteiger partial charge in [0.05, 0.1) is 19.1 Å². The Balaban J connectivity index is 1.26. The number of fused-ring (bicyclic) bond motifs is 2. The zero-order chi connectivity index (χ0) is 22.6. The molecule has 0 saturated heterocycles. The first kappa shape index (κ1) is 22.6. The van der Waals surface area contributed by atoms with Crippen LogP contribution < -0.4 is 14.2 Å². The second-order valence-electron chi connectivity index (χ2n) is 8.12. The number of hydrogen-bond donors (Lipinski definition) is 1. The van der Waals surface area contributed by atoms with Crippen molar-refractivity contribution in [3.8, 4) is 11.5 Å². The highest BCUT2D eigenvalue weighted by Gasteiger charge is 2.19. The van der Waals surface area contributed by atoms with Gasteiger partial charge in [0.25, 0.3) is 0 Å². The highest BCUT2D eigenvalue weighted by molar-refractivity contribution is 7.89. The van der Waals surface area contributed by atoms with Crippen molar-refractivity contribution in [2.45, 2.75) is 30.7 Å². The molecule has 1 aliphatic rings. The van der Waals surface area contributed by atoms with Gasteiger partial charge in [0, 0.05) is 19.6 Å². The molecule has 0 bridgehead atoms. The van der Waals surface area contributed by atoms with E-state index in [0.717, 1.165) is 61.2 Å². The van der Waals surface area contributed by atoms with Gasteiger partial charge in [0.1, 0.15) is 0 Å². The van der Waals surface area contributed by atoms with Crippen molar-refractivity contribution in [3.05, 3.63) is 65.7 Å². The molecule has 0 spiro atoms. The molecule has 0 atom stereocenters. The molecule has 3 aromatic carbocycles. The van der Waals surface area contributed by atoms with E-state index in [-0.39, 0.29) is 0 Å². The fraction of sp³-hybridized carbons (Fsp3) is 0.360. The Kier molecular flexibility index (Phi) is 6.98. The van der Waals surface area contributed by atoms with Gasteiger partial charge in [-0.05, 0) is 72.0 Å². The van der Waals surface area contributed by atoms with E-state index in [1.807, 2.05) is 30.3 Å². The van der Waals surface area contributed by atoms with Gasteiger partial charge in [-0.1, -0.05) is 30.3 Å². The molecule has 0 unspecified atom stereocenters. The van der Waals surface area contributed by atoms with Crippen LogP contribution in [0.5, 0.6) is 11.5 Å². The smallest absolute Gasteiger partial charge is 0.240 e. The molecular formula is C25H30N2O4S. The Morgan fingerprint density at radius 1 is 0.906 bits per heavy atom. The summed E-state index contributed by atoms with van der Waals surface area (Å²) in [7, 11) is -0.184. The van der Waals surface area contributed by atoms with Gasteiger partial charge in [-0.2, -0.15) is 0 Å². The summed E-state index contributed by atoms with van der Waals surface area (Å²) in [6.07, 6.45) is 2.70.